The number of hydrogen-bond acceptors (Lipinski definition) is 7. The Morgan fingerprint density at radius 3 is 1.46 bits per heavy atom. The molecule has 2 atom stereocenters. The monoisotopic (exact) mass is 815 g/mol. The van der Waals surface area contributed by atoms with Crippen molar-refractivity contribution in [3.8, 4) is 0 Å². The molecule has 0 heterocycles. The summed E-state index contributed by atoms with van der Waals surface area (Å²) in [7, 11) is 1.46. The molecule has 0 aromatic heterocycles. The van der Waals surface area contributed by atoms with Crippen molar-refractivity contribution in [2.45, 2.75) is 213 Å². The molecule has 10 heteroatoms. The third-order valence-corrected chi connectivity index (χ3v) is 11.0. The van der Waals surface area contributed by atoms with Crippen LogP contribution in [0.25, 0.3) is 0 Å². The Balaban J connectivity index is 4.38. The summed E-state index contributed by atoms with van der Waals surface area (Å²) < 4.78 is 34.3. The minimum atomic E-state index is -4.38. The number of phosphoric ester groups is 1. The molecule has 9 nitrogen and oxygen atoms in total. The molecule has 0 radical (unpaired) electrons. The fourth-order valence-corrected chi connectivity index (χ4v) is 7.09. The lowest BCUT2D eigenvalue weighted by atomic mass is 10.0. The maximum absolute atomic E-state index is 12.7. The van der Waals surface area contributed by atoms with E-state index < -0.39 is 26.5 Å². The number of phosphoric acid groups is 1. The van der Waals surface area contributed by atoms with Crippen LogP contribution in [0.1, 0.15) is 206 Å². The highest BCUT2D eigenvalue weighted by molar-refractivity contribution is 7.47. The second kappa shape index (κ2) is 39.0. The van der Waals surface area contributed by atoms with Gasteiger partial charge in [0.05, 0.1) is 27.7 Å². The normalized spacial score (nSPS) is 13.8. The van der Waals surface area contributed by atoms with E-state index in [0.29, 0.717) is 17.4 Å². The summed E-state index contributed by atoms with van der Waals surface area (Å²) in [5.74, 6) is -0.843. The number of rotatable bonds is 42. The van der Waals surface area contributed by atoms with Gasteiger partial charge in [0.15, 0.2) is 6.10 Å². The SMILES string of the molecule is CCCCCCCCCCC/C=C/C/C=C/CCCC(=O)O[C@H](COC(=O)CCCCCCCCCCCCCCCCC)COP(=O)(O)OCC[N+](C)(C)C. The van der Waals surface area contributed by atoms with Gasteiger partial charge in [0.1, 0.15) is 19.8 Å². The summed E-state index contributed by atoms with van der Waals surface area (Å²) >= 11 is 0. The molecular formula is C46H89NO8P+. The van der Waals surface area contributed by atoms with Crippen molar-refractivity contribution in [1.82, 2.24) is 0 Å². The number of esters is 2. The van der Waals surface area contributed by atoms with Crippen molar-refractivity contribution in [2.24, 2.45) is 0 Å². The molecule has 0 aliphatic rings. The fourth-order valence-electron chi connectivity index (χ4n) is 6.35. The molecule has 0 amide bonds. The van der Waals surface area contributed by atoms with Crippen LogP contribution in [0.15, 0.2) is 24.3 Å². The van der Waals surface area contributed by atoms with Crippen LogP contribution in [0.3, 0.4) is 0 Å². The molecule has 1 unspecified atom stereocenters. The zero-order valence-corrected chi connectivity index (χ0v) is 38.0. The predicted octanol–water partition coefficient (Wildman–Crippen LogP) is 13.1. The average molecular weight is 815 g/mol. The standard InChI is InChI=1S/C46H88NO8P/c1-6-8-10-12-14-16-18-20-22-23-25-27-29-31-33-35-37-39-46(49)55-44(43-54-56(50,51)53-41-40-47(3,4)5)42-52-45(48)38-36-34-32-30-28-26-24-21-19-17-15-13-11-9-7-2/h25,27,31,33,44H,6-24,26,28-30,32,34-43H2,1-5H3/p+1/b27-25+,33-31+/t44-/m1/s1. The van der Waals surface area contributed by atoms with Crippen LogP contribution in [-0.2, 0) is 32.7 Å². The van der Waals surface area contributed by atoms with Crippen LogP contribution in [0.2, 0.25) is 0 Å². The predicted molar refractivity (Wildman–Crippen MR) is 234 cm³/mol. The number of allylic oxidation sites excluding steroid dienone is 4. The van der Waals surface area contributed by atoms with Gasteiger partial charge >= 0.3 is 19.8 Å². The number of nitrogens with zero attached hydrogens (tertiary/aromatic N) is 1. The van der Waals surface area contributed by atoms with Crippen molar-refractivity contribution < 1.29 is 42.1 Å². The van der Waals surface area contributed by atoms with Crippen LogP contribution in [0.4, 0.5) is 0 Å². The largest absolute Gasteiger partial charge is 0.472 e. The molecular weight excluding hydrogens is 725 g/mol. The molecule has 1 N–H and O–H groups in total. The second-order valence-corrected chi connectivity index (χ2v) is 18.2. The van der Waals surface area contributed by atoms with Crippen LogP contribution in [0, 0.1) is 0 Å². The number of likely N-dealkylation sites (N-methyl/N-ethyl adjacent to an activating group) is 1. The zero-order chi connectivity index (χ0) is 41.4. The Labute approximate surface area is 345 Å². The van der Waals surface area contributed by atoms with E-state index in [9.17, 15) is 19.0 Å². The summed E-state index contributed by atoms with van der Waals surface area (Å²) in [5.41, 5.74) is 0. The van der Waals surface area contributed by atoms with Crippen molar-refractivity contribution in [2.75, 3.05) is 47.5 Å². The smallest absolute Gasteiger partial charge is 0.462 e. The van der Waals surface area contributed by atoms with Gasteiger partial charge in [-0.05, 0) is 38.5 Å². The summed E-state index contributed by atoms with van der Waals surface area (Å²) in [5, 5.41) is 0. The van der Waals surface area contributed by atoms with Crippen LogP contribution in [0.5, 0.6) is 0 Å². The van der Waals surface area contributed by atoms with E-state index in [1.165, 1.54) is 135 Å². The first-order valence-corrected chi connectivity index (χ1v) is 24.6. The highest BCUT2D eigenvalue weighted by Crippen LogP contribution is 2.43. The Kier molecular flexibility index (Phi) is 37.9. The van der Waals surface area contributed by atoms with Crippen molar-refractivity contribution >= 4 is 19.8 Å². The van der Waals surface area contributed by atoms with Gasteiger partial charge < -0.3 is 18.9 Å². The van der Waals surface area contributed by atoms with E-state index >= 15 is 0 Å². The molecule has 0 spiro atoms. The maximum Gasteiger partial charge on any atom is 0.472 e. The number of carbonyl (C=O) groups is 2. The Bertz CT molecular complexity index is 1010. The summed E-state index contributed by atoms with van der Waals surface area (Å²) in [6.45, 7) is 4.40. The average Bonchev–Trinajstić information content (AvgIpc) is 3.15. The molecule has 330 valence electrons. The lowest BCUT2D eigenvalue weighted by Crippen LogP contribution is -2.37. The van der Waals surface area contributed by atoms with Gasteiger partial charge in [0, 0.05) is 12.8 Å². The van der Waals surface area contributed by atoms with Gasteiger partial charge in [0.25, 0.3) is 0 Å². The fraction of sp³-hybridized carbons (Fsp3) is 0.870. The van der Waals surface area contributed by atoms with Crippen molar-refractivity contribution in [1.29, 1.82) is 0 Å². The Hall–Kier alpha value is -1.51. The molecule has 0 rings (SSSR count). The van der Waals surface area contributed by atoms with E-state index in [0.717, 1.165) is 38.5 Å². The minimum Gasteiger partial charge on any atom is -0.462 e. The Morgan fingerprint density at radius 2 is 0.982 bits per heavy atom. The van der Waals surface area contributed by atoms with E-state index in [2.05, 4.69) is 38.2 Å². The van der Waals surface area contributed by atoms with Crippen LogP contribution < -0.4 is 0 Å². The van der Waals surface area contributed by atoms with Gasteiger partial charge in [-0.1, -0.05) is 179 Å². The summed E-state index contributed by atoms with van der Waals surface area (Å²) in [4.78, 5) is 35.4. The number of hydrogen-bond donors (Lipinski definition) is 1. The molecule has 0 aromatic carbocycles. The van der Waals surface area contributed by atoms with Crippen molar-refractivity contribution in [3.63, 3.8) is 0 Å². The number of unbranched alkanes of at least 4 members (excludes halogenated alkanes) is 24. The van der Waals surface area contributed by atoms with E-state index in [1.807, 2.05) is 21.1 Å². The topological polar surface area (TPSA) is 108 Å². The van der Waals surface area contributed by atoms with Gasteiger partial charge in [0.2, 0.25) is 0 Å². The molecule has 0 saturated heterocycles. The molecule has 0 fully saturated rings. The molecule has 0 aliphatic heterocycles. The van der Waals surface area contributed by atoms with Gasteiger partial charge in [-0.3, -0.25) is 18.6 Å². The summed E-state index contributed by atoms with van der Waals surface area (Å²) in [6, 6.07) is 0. The lowest BCUT2D eigenvalue weighted by Gasteiger charge is -2.24. The van der Waals surface area contributed by atoms with Gasteiger partial charge in [-0.2, -0.15) is 0 Å². The van der Waals surface area contributed by atoms with E-state index in [4.69, 9.17) is 18.5 Å². The van der Waals surface area contributed by atoms with Crippen LogP contribution >= 0.6 is 7.82 Å². The summed E-state index contributed by atoms with van der Waals surface area (Å²) in [6.07, 6.45) is 42.3. The molecule has 0 saturated carbocycles. The van der Waals surface area contributed by atoms with E-state index in [-0.39, 0.29) is 32.0 Å². The van der Waals surface area contributed by atoms with E-state index in [1.54, 1.807) is 0 Å². The van der Waals surface area contributed by atoms with Crippen LogP contribution in [-0.4, -0.2) is 74.9 Å². The maximum atomic E-state index is 12.7. The number of ether oxygens (including phenoxy) is 2. The van der Waals surface area contributed by atoms with Crippen molar-refractivity contribution in [3.05, 3.63) is 24.3 Å². The highest BCUT2D eigenvalue weighted by Gasteiger charge is 2.27. The minimum absolute atomic E-state index is 0.0264. The number of quaternary nitrogens is 1. The molecule has 0 aliphatic carbocycles. The van der Waals surface area contributed by atoms with Gasteiger partial charge in [-0.15, -0.1) is 0 Å². The molecule has 56 heavy (non-hydrogen) atoms. The lowest BCUT2D eigenvalue weighted by molar-refractivity contribution is -0.870. The third kappa shape index (κ3) is 42.1. The second-order valence-electron chi connectivity index (χ2n) is 16.8. The first-order chi connectivity index (χ1) is 27.0. The highest BCUT2D eigenvalue weighted by atomic mass is 31.2. The number of carbonyl (C=O) groups excluding carboxylic acids is 2. The Morgan fingerprint density at radius 1 is 0.554 bits per heavy atom. The zero-order valence-electron chi connectivity index (χ0n) is 37.1. The quantitative estimate of drug-likeness (QED) is 0.0213. The first kappa shape index (κ1) is 54.5. The van der Waals surface area contributed by atoms with Gasteiger partial charge in [-0.25, -0.2) is 4.57 Å². The molecule has 0 bridgehead atoms. The first-order valence-electron chi connectivity index (χ1n) is 23.1. The molecule has 0 aromatic rings. The third-order valence-electron chi connectivity index (χ3n) is 9.98.